The number of nitrogens with zero attached hydrogens (tertiary/aromatic N) is 5. The minimum Gasteiger partial charge on any atom is -0.338 e. The second kappa shape index (κ2) is 8.25. The number of hydrogen-bond acceptors (Lipinski definition) is 7. The minimum absolute atomic E-state index is 0.116. The summed E-state index contributed by atoms with van der Waals surface area (Å²) in [5, 5.41) is 0.522. The van der Waals surface area contributed by atoms with Crippen molar-refractivity contribution in [1.82, 2.24) is 19.2 Å². The van der Waals surface area contributed by atoms with Crippen LogP contribution in [-0.2, 0) is 10.0 Å². The fraction of sp³-hybridized carbons (Fsp3) is 0.421. The number of benzene rings is 1. The molecule has 10 heteroatoms. The van der Waals surface area contributed by atoms with Crippen LogP contribution in [-0.4, -0.2) is 72.8 Å². The molecular formula is C19H22ClN5O3S. The fourth-order valence-corrected chi connectivity index (χ4v) is 5.39. The van der Waals surface area contributed by atoms with E-state index in [0.29, 0.717) is 17.4 Å². The van der Waals surface area contributed by atoms with Gasteiger partial charge in [-0.25, -0.2) is 22.7 Å². The normalized spacial score (nSPS) is 18.9. The van der Waals surface area contributed by atoms with E-state index in [1.807, 2.05) is 0 Å². The van der Waals surface area contributed by atoms with Crippen molar-refractivity contribution < 1.29 is 13.2 Å². The fourth-order valence-electron chi connectivity index (χ4n) is 3.68. The standard InChI is InChI=1S/C19H22ClN5O3S/c20-15-13-21-19(22-14-15)24-11-9-23(10-12-24)7-3-4-8-25-18(26)16-5-1-2-6-17(16)29(25,27)28/h1-2,5-6,13-14H,3-4,7-12H2. The van der Waals surface area contributed by atoms with Gasteiger partial charge in [0, 0.05) is 32.7 Å². The first-order valence-corrected chi connectivity index (χ1v) is 11.4. The van der Waals surface area contributed by atoms with Gasteiger partial charge in [0.05, 0.1) is 23.0 Å². The van der Waals surface area contributed by atoms with Crippen LogP contribution in [0, 0.1) is 0 Å². The van der Waals surface area contributed by atoms with Crippen molar-refractivity contribution in [3.05, 3.63) is 47.2 Å². The molecule has 2 aliphatic heterocycles. The van der Waals surface area contributed by atoms with Crippen LogP contribution in [0.2, 0.25) is 5.02 Å². The first-order valence-electron chi connectivity index (χ1n) is 9.58. The molecule has 29 heavy (non-hydrogen) atoms. The van der Waals surface area contributed by atoms with E-state index in [2.05, 4.69) is 19.8 Å². The first kappa shape index (κ1) is 20.1. The number of piperazine rings is 1. The molecule has 1 fully saturated rings. The van der Waals surface area contributed by atoms with Crippen LogP contribution < -0.4 is 4.90 Å². The number of hydrogen-bond donors (Lipinski definition) is 0. The number of unbranched alkanes of at least 4 members (excludes halogenated alkanes) is 1. The lowest BCUT2D eigenvalue weighted by atomic mass is 10.2. The lowest BCUT2D eigenvalue weighted by Crippen LogP contribution is -2.47. The van der Waals surface area contributed by atoms with E-state index >= 15 is 0 Å². The van der Waals surface area contributed by atoms with E-state index < -0.39 is 15.9 Å². The SMILES string of the molecule is O=C1c2ccccc2S(=O)(=O)N1CCCCN1CCN(c2ncc(Cl)cn2)CC1. The van der Waals surface area contributed by atoms with Gasteiger partial charge in [0.25, 0.3) is 15.9 Å². The maximum Gasteiger partial charge on any atom is 0.269 e. The number of carbonyl (C=O) groups is 1. The molecule has 1 saturated heterocycles. The topological polar surface area (TPSA) is 86.7 Å². The smallest absolute Gasteiger partial charge is 0.269 e. The van der Waals surface area contributed by atoms with Crippen LogP contribution in [0.4, 0.5) is 5.95 Å². The predicted molar refractivity (Wildman–Crippen MR) is 110 cm³/mol. The molecule has 0 spiro atoms. The second-order valence-electron chi connectivity index (χ2n) is 7.12. The van der Waals surface area contributed by atoms with Crippen molar-refractivity contribution in [2.45, 2.75) is 17.7 Å². The number of carbonyl (C=O) groups excluding carboxylic acids is 1. The Morgan fingerprint density at radius 3 is 2.31 bits per heavy atom. The zero-order chi connectivity index (χ0) is 20.4. The maximum atomic E-state index is 12.6. The monoisotopic (exact) mass is 435 g/mol. The van der Waals surface area contributed by atoms with E-state index in [1.165, 1.54) is 6.07 Å². The molecule has 0 N–H and O–H groups in total. The number of amides is 1. The van der Waals surface area contributed by atoms with Gasteiger partial charge < -0.3 is 4.90 Å². The molecule has 4 rings (SSSR count). The summed E-state index contributed by atoms with van der Waals surface area (Å²) in [7, 11) is -3.70. The highest BCUT2D eigenvalue weighted by Gasteiger charge is 2.40. The highest BCUT2D eigenvalue weighted by molar-refractivity contribution is 7.90. The van der Waals surface area contributed by atoms with Crippen molar-refractivity contribution in [3.63, 3.8) is 0 Å². The molecule has 0 unspecified atom stereocenters. The van der Waals surface area contributed by atoms with Gasteiger partial charge in [0.2, 0.25) is 5.95 Å². The zero-order valence-electron chi connectivity index (χ0n) is 15.9. The van der Waals surface area contributed by atoms with Crippen molar-refractivity contribution in [2.24, 2.45) is 0 Å². The Balaban J connectivity index is 1.23. The van der Waals surface area contributed by atoms with Gasteiger partial charge in [-0.2, -0.15) is 0 Å². The number of aromatic nitrogens is 2. The molecule has 2 aliphatic rings. The predicted octanol–water partition coefficient (Wildman–Crippen LogP) is 1.88. The first-order chi connectivity index (χ1) is 14.0. The summed E-state index contributed by atoms with van der Waals surface area (Å²) in [4.78, 5) is 25.5. The molecule has 8 nitrogen and oxygen atoms in total. The largest absolute Gasteiger partial charge is 0.338 e. The molecule has 0 bridgehead atoms. The summed E-state index contributed by atoms with van der Waals surface area (Å²) in [6.07, 6.45) is 4.66. The minimum atomic E-state index is -3.70. The summed E-state index contributed by atoms with van der Waals surface area (Å²) < 4.78 is 26.1. The van der Waals surface area contributed by atoms with Crippen molar-refractivity contribution in [2.75, 3.05) is 44.2 Å². The maximum absolute atomic E-state index is 12.6. The van der Waals surface area contributed by atoms with E-state index in [-0.39, 0.29) is 17.0 Å². The van der Waals surface area contributed by atoms with Gasteiger partial charge in [-0.15, -0.1) is 0 Å². The molecule has 1 amide bonds. The van der Waals surface area contributed by atoms with Gasteiger partial charge in [-0.05, 0) is 31.5 Å². The highest BCUT2D eigenvalue weighted by atomic mass is 35.5. The van der Waals surface area contributed by atoms with Crippen LogP contribution in [0.15, 0.2) is 41.6 Å². The molecule has 0 atom stereocenters. The summed E-state index contributed by atoms with van der Waals surface area (Å²) >= 11 is 5.83. The lowest BCUT2D eigenvalue weighted by molar-refractivity contribution is 0.0868. The summed E-state index contributed by atoms with van der Waals surface area (Å²) in [6.45, 7) is 4.52. The number of sulfonamides is 1. The van der Waals surface area contributed by atoms with Crippen molar-refractivity contribution in [1.29, 1.82) is 0 Å². The Hall–Kier alpha value is -2.23. The highest BCUT2D eigenvalue weighted by Crippen LogP contribution is 2.30. The Bertz CT molecular complexity index is 991. The average Bonchev–Trinajstić information content (AvgIpc) is 2.93. The third-order valence-electron chi connectivity index (χ3n) is 5.26. The Kier molecular flexibility index (Phi) is 5.71. The van der Waals surface area contributed by atoms with Crippen LogP contribution in [0.3, 0.4) is 0 Å². The Morgan fingerprint density at radius 1 is 0.966 bits per heavy atom. The van der Waals surface area contributed by atoms with E-state index in [1.54, 1.807) is 30.6 Å². The summed E-state index contributed by atoms with van der Waals surface area (Å²) in [6, 6.07) is 6.39. The third-order valence-corrected chi connectivity index (χ3v) is 7.30. The van der Waals surface area contributed by atoms with Crippen LogP contribution >= 0.6 is 11.6 Å². The zero-order valence-corrected chi connectivity index (χ0v) is 17.4. The lowest BCUT2D eigenvalue weighted by Gasteiger charge is -2.34. The van der Waals surface area contributed by atoms with Crippen molar-refractivity contribution >= 4 is 33.5 Å². The quantitative estimate of drug-likeness (QED) is 0.640. The van der Waals surface area contributed by atoms with Crippen molar-refractivity contribution in [3.8, 4) is 0 Å². The number of anilines is 1. The van der Waals surface area contributed by atoms with Gasteiger partial charge >= 0.3 is 0 Å². The molecule has 1 aromatic carbocycles. The van der Waals surface area contributed by atoms with Gasteiger partial charge in [-0.3, -0.25) is 9.69 Å². The molecule has 3 heterocycles. The van der Waals surface area contributed by atoms with Gasteiger partial charge in [0.15, 0.2) is 0 Å². The number of rotatable bonds is 6. The van der Waals surface area contributed by atoms with E-state index in [9.17, 15) is 13.2 Å². The molecule has 0 aliphatic carbocycles. The van der Waals surface area contributed by atoms with Crippen LogP contribution in [0.1, 0.15) is 23.2 Å². The Morgan fingerprint density at radius 2 is 1.62 bits per heavy atom. The second-order valence-corrected chi connectivity index (χ2v) is 9.38. The average molecular weight is 436 g/mol. The molecule has 0 radical (unpaired) electrons. The van der Waals surface area contributed by atoms with Crippen LogP contribution in [0.25, 0.3) is 0 Å². The van der Waals surface area contributed by atoms with E-state index in [4.69, 9.17) is 11.6 Å². The third kappa shape index (κ3) is 4.08. The molecule has 0 saturated carbocycles. The molecule has 154 valence electrons. The summed E-state index contributed by atoms with van der Waals surface area (Å²) in [5.41, 5.74) is 0.271. The van der Waals surface area contributed by atoms with E-state index in [0.717, 1.165) is 43.4 Å². The van der Waals surface area contributed by atoms with Crippen LogP contribution in [0.5, 0.6) is 0 Å². The van der Waals surface area contributed by atoms with Gasteiger partial charge in [-0.1, -0.05) is 23.7 Å². The molecule has 2 aromatic rings. The van der Waals surface area contributed by atoms with Gasteiger partial charge in [0.1, 0.15) is 4.90 Å². The summed E-state index contributed by atoms with van der Waals surface area (Å²) in [5.74, 6) is 0.267. The molecular weight excluding hydrogens is 414 g/mol. The Labute approximate surface area is 175 Å². The molecule has 1 aromatic heterocycles. The number of fused-ring (bicyclic) bond motifs is 1. The number of halogens is 1.